The van der Waals surface area contributed by atoms with E-state index in [4.69, 9.17) is 0 Å². The lowest BCUT2D eigenvalue weighted by molar-refractivity contribution is -0.140. The van der Waals surface area contributed by atoms with Crippen molar-refractivity contribution in [1.29, 1.82) is 0 Å². The number of nitrogens with zero attached hydrogens (tertiary/aromatic N) is 3. The van der Waals surface area contributed by atoms with Crippen molar-refractivity contribution in [3.8, 4) is 0 Å². The maximum Gasteiger partial charge on any atom is 0.321 e. The number of halogens is 1. The highest BCUT2D eigenvalue weighted by Gasteiger charge is 2.15. The molecule has 0 N–H and O–H groups in total. The van der Waals surface area contributed by atoms with Crippen LogP contribution in [-0.2, 0) is 16.1 Å². The monoisotopic (exact) mass is 233 g/mol. The van der Waals surface area contributed by atoms with Crippen LogP contribution in [0.15, 0.2) is 12.7 Å². The van der Waals surface area contributed by atoms with Crippen LogP contribution in [0.25, 0.3) is 0 Å². The Morgan fingerprint density at radius 1 is 1.83 bits per heavy atom. The van der Waals surface area contributed by atoms with Gasteiger partial charge in [-0.2, -0.15) is 5.10 Å². The van der Waals surface area contributed by atoms with Crippen LogP contribution in [0.1, 0.15) is 0 Å². The van der Waals surface area contributed by atoms with Gasteiger partial charge in [0.1, 0.15) is 17.5 Å². The van der Waals surface area contributed by atoms with Gasteiger partial charge in [-0.1, -0.05) is 15.9 Å². The summed E-state index contributed by atoms with van der Waals surface area (Å²) in [5.41, 5.74) is 0. The molecular weight excluding hydrogens is 226 g/mol. The third-order valence-electron chi connectivity index (χ3n) is 1.27. The first kappa shape index (κ1) is 9.18. The van der Waals surface area contributed by atoms with Gasteiger partial charge in [0.15, 0.2) is 0 Å². The second-order valence-corrected chi connectivity index (χ2v) is 3.21. The highest BCUT2D eigenvalue weighted by Crippen LogP contribution is 2.03. The molecule has 0 aromatic carbocycles. The Hall–Kier alpha value is -0.910. The average Bonchev–Trinajstić information content (AvgIpc) is 2.55. The Morgan fingerprint density at radius 3 is 3.08 bits per heavy atom. The number of rotatable bonds is 3. The highest BCUT2D eigenvalue weighted by molar-refractivity contribution is 9.10. The van der Waals surface area contributed by atoms with Gasteiger partial charge in [0, 0.05) is 0 Å². The molecular formula is C6H8BrN3O2. The lowest BCUT2D eigenvalue weighted by atomic mass is 10.4. The van der Waals surface area contributed by atoms with Crippen LogP contribution in [-0.4, -0.2) is 32.7 Å². The largest absolute Gasteiger partial charge is 0.468 e. The molecule has 1 rings (SSSR count). The number of methoxy groups -OCH3 is 1. The Morgan fingerprint density at radius 2 is 2.58 bits per heavy atom. The molecule has 0 radical (unpaired) electrons. The van der Waals surface area contributed by atoms with E-state index in [9.17, 15) is 4.79 Å². The molecule has 1 atom stereocenters. The van der Waals surface area contributed by atoms with E-state index in [0.29, 0.717) is 6.54 Å². The van der Waals surface area contributed by atoms with Gasteiger partial charge >= 0.3 is 5.97 Å². The topological polar surface area (TPSA) is 57.0 Å². The number of hydrogen-bond acceptors (Lipinski definition) is 4. The van der Waals surface area contributed by atoms with E-state index in [1.165, 1.54) is 19.8 Å². The smallest absolute Gasteiger partial charge is 0.321 e. The minimum atomic E-state index is -0.371. The normalized spacial score (nSPS) is 12.5. The maximum absolute atomic E-state index is 10.9. The predicted octanol–water partition coefficient (Wildman–Crippen LogP) is 0.215. The molecule has 1 aromatic rings. The molecule has 0 spiro atoms. The van der Waals surface area contributed by atoms with Crippen molar-refractivity contribution >= 4 is 21.9 Å². The zero-order chi connectivity index (χ0) is 8.97. The molecule has 0 amide bonds. The number of aromatic nitrogens is 3. The van der Waals surface area contributed by atoms with Gasteiger partial charge in [0.05, 0.1) is 13.7 Å². The first-order chi connectivity index (χ1) is 5.74. The second kappa shape index (κ2) is 4.20. The van der Waals surface area contributed by atoms with Gasteiger partial charge in [0.2, 0.25) is 0 Å². The van der Waals surface area contributed by atoms with Gasteiger partial charge < -0.3 is 4.74 Å². The number of alkyl halides is 1. The van der Waals surface area contributed by atoms with Crippen LogP contribution in [0.4, 0.5) is 0 Å². The summed E-state index contributed by atoms with van der Waals surface area (Å²) in [6.45, 7) is 0.423. The Labute approximate surface area is 77.9 Å². The minimum Gasteiger partial charge on any atom is -0.468 e. The quantitative estimate of drug-likeness (QED) is 0.554. The molecule has 0 fully saturated rings. The summed E-state index contributed by atoms with van der Waals surface area (Å²) in [6, 6.07) is 0. The van der Waals surface area contributed by atoms with E-state index in [2.05, 4.69) is 30.7 Å². The lowest BCUT2D eigenvalue weighted by Gasteiger charge is -2.05. The Bertz CT molecular complexity index is 249. The van der Waals surface area contributed by atoms with Gasteiger partial charge in [-0.25, -0.2) is 4.98 Å². The standard InChI is InChI=1S/C6H8BrN3O2/c1-12-6(11)5(7)2-10-4-8-3-9-10/h3-5H,2H2,1H3. The number of hydrogen-bond donors (Lipinski definition) is 0. The molecule has 66 valence electrons. The molecule has 0 aliphatic carbocycles. The van der Waals surface area contributed by atoms with Crippen LogP contribution in [0, 0.1) is 0 Å². The van der Waals surface area contributed by atoms with Crippen LogP contribution in [0.2, 0.25) is 0 Å². The Kier molecular flexibility index (Phi) is 3.21. The maximum atomic E-state index is 10.9. The highest BCUT2D eigenvalue weighted by atomic mass is 79.9. The SMILES string of the molecule is COC(=O)C(Br)Cn1cncn1. The molecule has 6 heteroatoms. The number of ether oxygens (including phenoxy) is 1. The zero-order valence-corrected chi connectivity index (χ0v) is 8.06. The zero-order valence-electron chi connectivity index (χ0n) is 6.48. The molecule has 0 saturated heterocycles. The van der Waals surface area contributed by atoms with Crippen molar-refractivity contribution in [3.63, 3.8) is 0 Å². The van der Waals surface area contributed by atoms with E-state index in [1.807, 2.05) is 0 Å². The molecule has 1 heterocycles. The summed E-state index contributed by atoms with van der Waals surface area (Å²) >= 11 is 3.16. The molecule has 1 aromatic heterocycles. The molecule has 12 heavy (non-hydrogen) atoms. The first-order valence-corrected chi connectivity index (χ1v) is 4.20. The van der Waals surface area contributed by atoms with Gasteiger partial charge in [-0.05, 0) is 0 Å². The molecule has 5 nitrogen and oxygen atoms in total. The third kappa shape index (κ3) is 2.30. The molecule has 1 unspecified atom stereocenters. The molecule has 0 aliphatic heterocycles. The molecule has 0 bridgehead atoms. The summed E-state index contributed by atoms with van der Waals surface area (Å²) in [5.74, 6) is -0.314. The third-order valence-corrected chi connectivity index (χ3v) is 1.93. The molecule has 0 aliphatic rings. The van der Waals surface area contributed by atoms with Gasteiger partial charge in [0.25, 0.3) is 0 Å². The number of carbonyl (C=O) groups excluding carboxylic acids is 1. The lowest BCUT2D eigenvalue weighted by Crippen LogP contribution is -2.21. The van der Waals surface area contributed by atoms with Crippen molar-refractivity contribution in [2.24, 2.45) is 0 Å². The van der Waals surface area contributed by atoms with Crippen molar-refractivity contribution in [2.75, 3.05) is 7.11 Å². The van der Waals surface area contributed by atoms with E-state index in [1.54, 1.807) is 4.68 Å². The van der Waals surface area contributed by atoms with Crippen LogP contribution >= 0.6 is 15.9 Å². The van der Waals surface area contributed by atoms with Crippen molar-refractivity contribution in [1.82, 2.24) is 14.8 Å². The van der Waals surface area contributed by atoms with Crippen LogP contribution in [0.5, 0.6) is 0 Å². The minimum absolute atomic E-state index is 0.314. The fourth-order valence-corrected chi connectivity index (χ4v) is 1.18. The summed E-state index contributed by atoms with van der Waals surface area (Å²) < 4.78 is 6.07. The van der Waals surface area contributed by atoms with Crippen LogP contribution in [0.3, 0.4) is 0 Å². The molecule has 0 saturated carbocycles. The van der Waals surface area contributed by atoms with Gasteiger partial charge in [-0.3, -0.25) is 9.48 Å². The van der Waals surface area contributed by atoms with E-state index < -0.39 is 0 Å². The van der Waals surface area contributed by atoms with E-state index in [-0.39, 0.29) is 10.8 Å². The summed E-state index contributed by atoms with van der Waals surface area (Å²) in [7, 11) is 1.35. The average molecular weight is 234 g/mol. The Balaban J connectivity index is 2.47. The van der Waals surface area contributed by atoms with E-state index in [0.717, 1.165) is 0 Å². The van der Waals surface area contributed by atoms with Crippen molar-refractivity contribution in [2.45, 2.75) is 11.4 Å². The van der Waals surface area contributed by atoms with Crippen molar-refractivity contribution < 1.29 is 9.53 Å². The fourth-order valence-electron chi connectivity index (χ4n) is 0.694. The summed E-state index contributed by atoms with van der Waals surface area (Å²) in [4.78, 5) is 14.3. The van der Waals surface area contributed by atoms with Crippen LogP contribution < -0.4 is 0 Å². The fraction of sp³-hybridized carbons (Fsp3) is 0.500. The summed E-state index contributed by atoms with van der Waals surface area (Å²) in [6.07, 6.45) is 2.95. The number of esters is 1. The predicted molar refractivity (Wildman–Crippen MR) is 44.8 cm³/mol. The number of carbonyl (C=O) groups is 1. The first-order valence-electron chi connectivity index (χ1n) is 3.28. The van der Waals surface area contributed by atoms with Crippen molar-refractivity contribution in [3.05, 3.63) is 12.7 Å². The van der Waals surface area contributed by atoms with E-state index >= 15 is 0 Å². The summed E-state index contributed by atoms with van der Waals surface area (Å²) in [5, 5.41) is 3.84. The van der Waals surface area contributed by atoms with Gasteiger partial charge in [-0.15, -0.1) is 0 Å². The second-order valence-electron chi connectivity index (χ2n) is 2.11.